The Bertz CT molecular complexity index is 533. The fraction of sp³-hybridized carbons (Fsp3) is 0.688. The summed E-state index contributed by atoms with van der Waals surface area (Å²) >= 11 is 1.32. The summed E-state index contributed by atoms with van der Waals surface area (Å²) < 4.78 is 5.70. The lowest BCUT2D eigenvalue weighted by Crippen LogP contribution is -2.42. The number of ether oxygens (including phenoxy) is 1. The van der Waals surface area contributed by atoms with Crippen LogP contribution in [0.15, 0.2) is 0 Å². The van der Waals surface area contributed by atoms with Crippen LogP contribution in [0.4, 0.5) is 0 Å². The third-order valence-electron chi connectivity index (χ3n) is 3.61. The Morgan fingerprint density at radius 1 is 1.36 bits per heavy atom. The SMILES string of the molecule is CC(C)(C)NCC(O)COc1c(C(=O)O)sc2c1CCCC2. The van der Waals surface area contributed by atoms with Gasteiger partial charge in [0.2, 0.25) is 0 Å². The van der Waals surface area contributed by atoms with Gasteiger partial charge in [-0.1, -0.05) is 0 Å². The van der Waals surface area contributed by atoms with Gasteiger partial charge in [0.05, 0.1) is 0 Å². The van der Waals surface area contributed by atoms with Crippen molar-refractivity contribution in [3.8, 4) is 5.75 Å². The van der Waals surface area contributed by atoms with Gasteiger partial charge in [-0.25, -0.2) is 4.79 Å². The zero-order valence-corrected chi connectivity index (χ0v) is 14.3. The van der Waals surface area contributed by atoms with Crippen molar-refractivity contribution in [3.05, 3.63) is 15.3 Å². The van der Waals surface area contributed by atoms with Gasteiger partial charge < -0.3 is 20.3 Å². The fourth-order valence-corrected chi connectivity index (χ4v) is 3.67. The number of carboxylic acid groups (broad SMARTS) is 1. The Morgan fingerprint density at radius 3 is 2.68 bits per heavy atom. The number of carboxylic acids is 1. The molecule has 0 amide bonds. The summed E-state index contributed by atoms with van der Waals surface area (Å²) in [7, 11) is 0. The lowest BCUT2D eigenvalue weighted by molar-refractivity contribution is 0.0687. The van der Waals surface area contributed by atoms with Gasteiger partial charge in [-0.2, -0.15) is 0 Å². The van der Waals surface area contributed by atoms with Crippen LogP contribution < -0.4 is 10.1 Å². The maximum Gasteiger partial charge on any atom is 0.349 e. The highest BCUT2D eigenvalue weighted by Crippen LogP contribution is 2.40. The summed E-state index contributed by atoms with van der Waals surface area (Å²) in [6.07, 6.45) is 3.29. The number of aliphatic hydroxyl groups excluding tert-OH is 1. The van der Waals surface area contributed by atoms with E-state index in [9.17, 15) is 15.0 Å². The van der Waals surface area contributed by atoms with Gasteiger partial charge >= 0.3 is 5.97 Å². The molecule has 5 nitrogen and oxygen atoms in total. The average molecular weight is 327 g/mol. The standard InChI is InChI=1S/C16H25NO4S/c1-16(2,3)17-8-10(18)9-21-13-11-6-4-5-7-12(11)22-14(13)15(19)20/h10,17-18H,4-9H2,1-3H3,(H,19,20). The van der Waals surface area contributed by atoms with Crippen LogP contribution in [0.25, 0.3) is 0 Å². The number of aromatic carboxylic acids is 1. The highest BCUT2D eigenvalue weighted by Gasteiger charge is 2.26. The number of aliphatic hydroxyl groups is 1. The molecular weight excluding hydrogens is 302 g/mol. The summed E-state index contributed by atoms with van der Waals surface area (Å²) in [4.78, 5) is 12.8. The normalized spacial score (nSPS) is 16.2. The van der Waals surface area contributed by atoms with E-state index in [1.807, 2.05) is 20.8 Å². The number of carbonyl (C=O) groups is 1. The van der Waals surface area contributed by atoms with Crippen molar-refractivity contribution >= 4 is 17.3 Å². The smallest absolute Gasteiger partial charge is 0.349 e. The molecule has 0 bridgehead atoms. The summed E-state index contributed by atoms with van der Waals surface area (Å²) in [5.41, 5.74) is 0.957. The number of β-amino-alcohol motifs (C(OH)–C–C–N with tert-alkyl or cyclic N) is 1. The second-order valence-electron chi connectivity index (χ2n) is 6.77. The molecule has 0 spiro atoms. The highest BCUT2D eigenvalue weighted by atomic mass is 32.1. The second kappa shape index (κ2) is 6.98. The Balaban J connectivity index is 2.02. The molecule has 0 aromatic carbocycles. The van der Waals surface area contributed by atoms with Gasteiger partial charge in [-0.3, -0.25) is 0 Å². The number of thiophene rings is 1. The molecule has 1 atom stereocenters. The van der Waals surface area contributed by atoms with Crippen molar-refractivity contribution in [1.82, 2.24) is 5.32 Å². The molecule has 0 radical (unpaired) electrons. The third-order valence-corrected chi connectivity index (χ3v) is 4.87. The van der Waals surface area contributed by atoms with Crippen molar-refractivity contribution in [1.29, 1.82) is 0 Å². The van der Waals surface area contributed by atoms with Gasteiger partial charge in [0.15, 0.2) is 4.88 Å². The summed E-state index contributed by atoms with van der Waals surface area (Å²) in [6.45, 7) is 6.60. The second-order valence-corrected chi connectivity index (χ2v) is 7.88. The first-order valence-corrected chi connectivity index (χ1v) is 8.53. The zero-order valence-electron chi connectivity index (χ0n) is 13.4. The molecule has 2 rings (SSSR count). The van der Waals surface area contributed by atoms with Crippen LogP contribution in [0.1, 0.15) is 53.7 Å². The van der Waals surface area contributed by atoms with E-state index in [2.05, 4.69) is 5.32 Å². The first-order valence-electron chi connectivity index (χ1n) is 7.71. The zero-order chi connectivity index (χ0) is 16.3. The fourth-order valence-electron chi connectivity index (χ4n) is 2.49. The van der Waals surface area contributed by atoms with Gasteiger partial charge in [0.25, 0.3) is 0 Å². The van der Waals surface area contributed by atoms with Crippen LogP contribution in [-0.2, 0) is 12.8 Å². The Kier molecular flexibility index (Phi) is 5.47. The van der Waals surface area contributed by atoms with Gasteiger partial charge in [-0.05, 0) is 46.5 Å². The number of nitrogens with one attached hydrogen (secondary N) is 1. The maximum atomic E-state index is 11.4. The average Bonchev–Trinajstić information content (AvgIpc) is 2.81. The van der Waals surface area contributed by atoms with E-state index >= 15 is 0 Å². The number of hydrogen-bond acceptors (Lipinski definition) is 5. The minimum absolute atomic E-state index is 0.0747. The van der Waals surface area contributed by atoms with E-state index in [4.69, 9.17) is 4.74 Å². The molecule has 0 fully saturated rings. The van der Waals surface area contributed by atoms with E-state index in [1.165, 1.54) is 11.3 Å². The van der Waals surface area contributed by atoms with Crippen molar-refractivity contribution in [3.63, 3.8) is 0 Å². The predicted molar refractivity (Wildman–Crippen MR) is 87.2 cm³/mol. The number of hydrogen-bond donors (Lipinski definition) is 3. The van der Waals surface area contributed by atoms with Crippen LogP contribution in [0, 0.1) is 0 Å². The molecule has 0 saturated heterocycles. The number of fused-ring (bicyclic) bond motifs is 1. The van der Waals surface area contributed by atoms with Gasteiger partial charge in [0, 0.05) is 22.5 Å². The molecule has 124 valence electrons. The van der Waals surface area contributed by atoms with Gasteiger partial charge in [-0.15, -0.1) is 11.3 Å². The van der Waals surface area contributed by atoms with E-state index in [1.54, 1.807) is 0 Å². The summed E-state index contributed by atoms with van der Waals surface area (Å²) in [5, 5.41) is 22.6. The molecular formula is C16H25NO4S. The quantitative estimate of drug-likeness (QED) is 0.748. The first kappa shape index (κ1) is 17.2. The summed E-state index contributed by atoms with van der Waals surface area (Å²) in [6, 6.07) is 0. The first-order chi connectivity index (χ1) is 10.3. The van der Waals surface area contributed by atoms with Crippen LogP contribution >= 0.6 is 11.3 Å². The molecule has 1 aliphatic rings. The van der Waals surface area contributed by atoms with Crippen LogP contribution in [0.5, 0.6) is 5.75 Å². The molecule has 0 aliphatic heterocycles. The van der Waals surface area contributed by atoms with Crippen molar-refractivity contribution < 1.29 is 19.7 Å². The molecule has 6 heteroatoms. The highest BCUT2D eigenvalue weighted by molar-refractivity contribution is 7.14. The van der Waals surface area contributed by atoms with E-state index in [-0.39, 0.29) is 17.0 Å². The Morgan fingerprint density at radius 2 is 2.05 bits per heavy atom. The predicted octanol–water partition coefficient (Wildman–Crippen LogP) is 2.45. The Hall–Kier alpha value is -1.11. The number of rotatable bonds is 6. The van der Waals surface area contributed by atoms with E-state index < -0.39 is 12.1 Å². The van der Waals surface area contributed by atoms with Crippen molar-refractivity contribution in [2.45, 2.75) is 58.1 Å². The van der Waals surface area contributed by atoms with Crippen LogP contribution in [-0.4, -0.2) is 41.0 Å². The van der Waals surface area contributed by atoms with Crippen molar-refractivity contribution in [2.75, 3.05) is 13.2 Å². The maximum absolute atomic E-state index is 11.4. The minimum atomic E-state index is -0.947. The van der Waals surface area contributed by atoms with Crippen LogP contribution in [0.2, 0.25) is 0 Å². The molecule has 0 saturated carbocycles. The van der Waals surface area contributed by atoms with E-state index in [0.29, 0.717) is 12.3 Å². The molecule has 1 heterocycles. The summed E-state index contributed by atoms with van der Waals surface area (Å²) in [5.74, 6) is -0.473. The lowest BCUT2D eigenvalue weighted by Gasteiger charge is -2.23. The lowest BCUT2D eigenvalue weighted by atomic mass is 9.98. The topological polar surface area (TPSA) is 78.8 Å². The minimum Gasteiger partial charge on any atom is -0.489 e. The monoisotopic (exact) mass is 327 g/mol. The molecule has 1 aromatic heterocycles. The molecule has 22 heavy (non-hydrogen) atoms. The van der Waals surface area contributed by atoms with E-state index in [0.717, 1.165) is 36.1 Å². The van der Waals surface area contributed by atoms with Crippen LogP contribution in [0.3, 0.4) is 0 Å². The Labute approximate surface area is 135 Å². The largest absolute Gasteiger partial charge is 0.489 e. The number of aryl methyl sites for hydroxylation is 1. The third kappa shape index (κ3) is 4.44. The molecule has 3 N–H and O–H groups in total. The molecule has 1 aliphatic carbocycles. The molecule has 1 unspecified atom stereocenters. The van der Waals surface area contributed by atoms with Gasteiger partial charge in [0.1, 0.15) is 18.5 Å². The van der Waals surface area contributed by atoms with Crippen molar-refractivity contribution in [2.24, 2.45) is 0 Å². The molecule has 1 aromatic rings.